The highest BCUT2D eigenvalue weighted by molar-refractivity contribution is 5.97. The number of oxime groups is 1. The first-order chi connectivity index (χ1) is 14.7. The highest BCUT2D eigenvalue weighted by Gasteiger charge is 2.13. The van der Waals surface area contributed by atoms with Crippen LogP contribution >= 0.6 is 0 Å². The maximum atomic E-state index is 6.01. The molecule has 0 aliphatic rings. The second-order valence-electron chi connectivity index (χ2n) is 6.42. The number of rotatable bonds is 8. The summed E-state index contributed by atoms with van der Waals surface area (Å²) in [7, 11) is 0. The molecule has 3 aromatic heterocycles. The molecule has 0 atom stereocenters. The normalized spacial score (nSPS) is 11.4. The molecule has 0 aliphatic carbocycles. The Labute approximate surface area is 173 Å². The first-order valence-electron chi connectivity index (χ1n) is 9.27. The minimum atomic E-state index is 0.128. The minimum Gasteiger partial charge on any atom is -0.489 e. The van der Waals surface area contributed by atoms with Crippen molar-refractivity contribution < 1.29 is 18.4 Å². The van der Waals surface area contributed by atoms with Crippen molar-refractivity contribution in [3.05, 3.63) is 89.8 Å². The van der Waals surface area contributed by atoms with Crippen LogP contribution in [-0.4, -0.2) is 15.8 Å². The fourth-order valence-corrected chi connectivity index (χ4v) is 2.66. The number of aromatic nitrogens is 2. The molecule has 4 rings (SSSR count). The number of furan rings is 1. The highest BCUT2D eigenvalue weighted by Crippen LogP contribution is 2.22. The third-order valence-corrected chi connectivity index (χ3v) is 4.27. The van der Waals surface area contributed by atoms with E-state index in [2.05, 4.69) is 15.1 Å². The molecule has 30 heavy (non-hydrogen) atoms. The number of nitrogens with two attached hydrogens (primary N) is 1. The van der Waals surface area contributed by atoms with E-state index >= 15 is 0 Å². The van der Waals surface area contributed by atoms with Crippen LogP contribution in [-0.2, 0) is 18.1 Å². The molecule has 0 radical (unpaired) electrons. The zero-order valence-corrected chi connectivity index (χ0v) is 16.3. The molecule has 8 heteroatoms. The summed E-state index contributed by atoms with van der Waals surface area (Å²) in [5.41, 5.74) is 8.35. The number of hydrogen-bond donors (Lipinski definition) is 1. The van der Waals surface area contributed by atoms with Crippen LogP contribution in [0.25, 0.3) is 11.7 Å². The fourth-order valence-electron chi connectivity index (χ4n) is 2.66. The number of oxazole rings is 1. The standard InChI is InChI=1S/C22H20N4O4/c1-15-19(25-22(30-15)20-5-3-11-27-20)14-29-26-21(23)17-6-8-18(9-7-17)28-13-16-4-2-10-24-12-16/h2-12H,13-14H2,1H3,(H2,23,26). The van der Waals surface area contributed by atoms with Crippen molar-refractivity contribution in [2.45, 2.75) is 20.1 Å². The van der Waals surface area contributed by atoms with Gasteiger partial charge in [0.1, 0.15) is 23.8 Å². The molecular weight excluding hydrogens is 384 g/mol. The number of nitrogens with zero attached hydrogens (tertiary/aromatic N) is 3. The molecule has 4 aromatic rings. The summed E-state index contributed by atoms with van der Waals surface area (Å²) in [5, 5.41) is 3.97. The molecule has 0 unspecified atom stereocenters. The van der Waals surface area contributed by atoms with E-state index in [-0.39, 0.29) is 12.4 Å². The van der Waals surface area contributed by atoms with Gasteiger partial charge in [-0.3, -0.25) is 4.98 Å². The Hall–Kier alpha value is -4.07. The SMILES string of the molecule is Cc1oc(-c2ccco2)nc1CO/N=C(/N)c1ccc(OCc2cccnc2)cc1. The van der Waals surface area contributed by atoms with Crippen LogP contribution < -0.4 is 10.5 Å². The molecule has 0 saturated carbocycles. The zero-order chi connectivity index (χ0) is 20.8. The second-order valence-corrected chi connectivity index (χ2v) is 6.42. The summed E-state index contributed by atoms with van der Waals surface area (Å²) in [4.78, 5) is 13.8. The fraction of sp³-hybridized carbons (Fsp3) is 0.136. The van der Waals surface area contributed by atoms with Crippen molar-refractivity contribution in [2.75, 3.05) is 0 Å². The van der Waals surface area contributed by atoms with Crippen LogP contribution in [0.2, 0.25) is 0 Å². The Morgan fingerprint density at radius 3 is 2.70 bits per heavy atom. The van der Waals surface area contributed by atoms with Gasteiger partial charge < -0.3 is 24.1 Å². The van der Waals surface area contributed by atoms with Crippen LogP contribution in [0, 0.1) is 6.92 Å². The van der Waals surface area contributed by atoms with Crippen LogP contribution in [0.3, 0.4) is 0 Å². The average molecular weight is 404 g/mol. The Balaban J connectivity index is 1.32. The van der Waals surface area contributed by atoms with Gasteiger partial charge in [0.2, 0.25) is 0 Å². The number of aryl methyl sites for hydroxylation is 1. The molecule has 152 valence electrons. The molecule has 0 fully saturated rings. The van der Waals surface area contributed by atoms with Crippen LogP contribution in [0.1, 0.15) is 22.6 Å². The predicted molar refractivity (Wildman–Crippen MR) is 109 cm³/mol. The number of hydrogen-bond acceptors (Lipinski definition) is 7. The van der Waals surface area contributed by atoms with E-state index in [1.54, 1.807) is 37.7 Å². The number of pyridine rings is 1. The van der Waals surface area contributed by atoms with E-state index in [4.69, 9.17) is 24.1 Å². The molecule has 0 aliphatic heterocycles. The summed E-state index contributed by atoms with van der Waals surface area (Å²) in [5.74, 6) is 2.56. The number of benzene rings is 1. The smallest absolute Gasteiger partial charge is 0.263 e. The third-order valence-electron chi connectivity index (χ3n) is 4.27. The maximum Gasteiger partial charge on any atom is 0.263 e. The molecular formula is C22H20N4O4. The summed E-state index contributed by atoms with van der Waals surface area (Å²) in [6.45, 7) is 2.37. The van der Waals surface area contributed by atoms with Gasteiger partial charge >= 0.3 is 0 Å². The lowest BCUT2D eigenvalue weighted by Crippen LogP contribution is -2.13. The Kier molecular flexibility index (Phi) is 5.75. The van der Waals surface area contributed by atoms with Gasteiger partial charge in [0, 0.05) is 23.5 Å². The quantitative estimate of drug-likeness (QED) is 0.268. The predicted octanol–water partition coefficient (Wildman–Crippen LogP) is 4.05. The van der Waals surface area contributed by atoms with E-state index in [9.17, 15) is 0 Å². The van der Waals surface area contributed by atoms with Gasteiger partial charge in [0.15, 0.2) is 18.2 Å². The van der Waals surface area contributed by atoms with Gasteiger partial charge in [-0.2, -0.15) is 0 Å². The van der Waals surface area contributed by atoms with E-state index in [0.29, 0.717) is 29.7 Å². The average Bonchev–Trinajstić information content (AvgIpc) is 3.43. The largest absolute Gasteiger partial charge is 0.489 e. The lowest BCUT2D eigenvalue weighted by atomic mass is 10.2. The molecule has 0 spiro atoms. The molecule has 0 bridgehead atoms. The van der Waals surface area contributed by atoms with Crippen molar-refractivity contribution in [1.82, 2.24) is 9.97 Å². The van der Waals surface area contributed by atoms with Crippen molar-refractivity contribution >= 4 is 5.84 Å². The zero-order valence-electron chi connectivity index (χ0n) is 16.3. The van der Waals surface area contributed by atoms with Crippen molar-refractivity contribution in [2.24, 2.45) is 10.9 Å². The van der Waals surface area contributed by atoms with Crippen molar-refractivity contribution in [3.8, 4) is 17.4 Å². The van der Waals surface area contributed by atoms with Crippen molar-refractivity contribution in [3.63, 3.8) is 0 Å². The van der Waals surface area contributed by atoms with Gasteiger partial charge in [0.25, 0.3) is 5.89 Å². The number of amidine groups is 1. The van der Waals surface area contributed by atoms with E-state index < -0.39 is 0 Å². The number of ether oxygens (including phenoxy) is 1. The van der Waals surface area contributed by atoms with Crippen LogP contribution in [0.5, 0.6) is 5.75 Å². The van der Waals surface area contributed by atoms with Gasteiger partial charge in [0.05, 0.1) is 6.26 Å². The molecule has 3 heterocycles. The molecule has 8 nitrogen and oxygen atoms in total. The topological polar surface area (TPSA) is 109 Å². The summed E-state index contributed by atoms with van der Waals surface area (Å²) < 4.78 is 16.6. The van der Waals surface area contributed by atoms with Gasteiger partial charge in [-0.15, -0.1) is 0 Å². The summed E-state index contributed by atoms with van der Waals surface area (Å²) in [6, 6.07) is 14.7. The Morgan fingerprint density at radius 2 is 1.97 bits per heavy atom. The molecule has 0 amide bonds. The highest BCUT2D eigenvalue weighted by atomic mass is 16.6. The maximum absolute atomic E-state index is 6.01. The van der Waals surface area contributed by atoms with Crippen molar-refractivity contribution in [1.29, 1.82) is 0 Å². The van der Waals surface area contributed by atoms with Gasteiger partial charge in [-0.05, 0) is 49.4 Å². The first kappa shape index (κ1) is 19.3. The molecule has 1 aromatic carbocycles. The lowest BCUT2D eigenvalue weighted by molar-refractivity contribution is 0.127. The van der Waals surface area contributed by atoms with Gasteiger partial charge in [-0.25, -0.2) is 4.98 Å². The molecule has 0 saturated heterocycles. The summed E-state index contributed by atoms with van der Waals surface area (Å²) in [6.07, 6.45) is 5.06. The monoisotopic (exact) mass is 404 g/mol. The third kappa shape index (κ3) is 4.67. The van der Waals surface area contributed by atoms with Crippen LogP contribution in [0.15, 0.2) is 81.2 Å². The Morgan fingerprint density at radius 1 is 1.10 bits per heavy atom. The van der Waals surface area contributed by atoms with E-state index in [0.717, 1.165) is 16.9 Å². The van der Waals surface area contributed by atoms with Crippen LogP contribution in [0.4, 0.5) is 0 Å². The molecule has 2 N–H and O–H groups in total. The van der Waals surface area contributed by atoms with E-state index in [1.807, 2.05) is 36.4 Å². The van der Waals surface area contributed by atoms with E-state index in [1.165, 1.54) is 0 Å². The lowest BCUT2D eigenvalue weighted by Gasteiger charge is -2.07. The Bertz CT molecular complexity index is 1100. The second kappa shape index (κ2) is 8.95. The summed E-state index contributed by atoms with van der Waals surface area (Å²) >= 11 is 0. The first-order valence-corrected chi connectivity index (χ1v) is 9.27. The van der Waals surface area contributed by atoms with Gasteiger partial charge in [-0.1, -0.05) is 11.2 Å². The minimum absolute atomic E-state index is 0.128.